The Morgan fingerprint density at radius 1 is 1.14 bits per heavy atom. The van der Waals surface area contributed by atoms with E-state index in [0.717, 1.165) is 0 Å². The third-order valence-electron chi connectivity index (χ3n) is 2.59. The Hall–Kier alpha value is -0.380. The first kappa shape index (κ1) is 13.6. The van der Waals surface area contributed by atoms with E-state index < -0.39 is 15.1 Å². The van der Waals surface area contributed by atoms with Gasteiger partial charge in [0.1, 0.15) is 5.78 Å². The van der Waals surface area contributed by atoms with E-state index >= 15 is 0 Å². The molecule has 4 heteroatoms. The Morgan fingerprint density at radius 2 is 1.57 bits per heavy atom. The number of ketones is 1. The molecule has 0 aliphatic rings. The highest BCUT2D eigenvalue weighted by molar-refractivity contribution is 7.92. The van der Waals surface area contributed by atoms with Crippen LogP contribution in [-0.4, -0.2) is 24.7 Å². The fourth-order valence-corrected chi connectivity index (χ4v) is 3.23. The van der Waals surface area contributed by atoms with Gasteiger partial charge in [-0.05, 0) is 26.7 Å². The SMILES string of the molecule is CC(=O)CC(C)S(=O)(=O)C(C)C(C)C. The molecule has 0 heterocycles. The minimum atomic E-state index is -3.15. The minimum absolute atomic E-state index is 0.0722. The maximum Gasteiger partial charge on any atom is 0.156 e. The van der Waals surface area contributed by atoms with Crippen LogP contribution in [0.5, 0.6) is 0 Å². The summed E-state index contributed by atoms with van der Waals surface area (Å²) in [5, 5.41) is -0.936. The number of carbonyl (C=O) groups is 1. The highest BCUT2D eigenvalue weighted by atomic mass is 32.2. The summed E-state index contributed by atoms with van der Waals surface area (Å²) in [6.07, 6.45) is 0.124. The summed E-state index contributed by atoms with van der Waals surface area (Å²) in [5.74, 6) is 0.0199. The Balaban J connectivity index is 4.70. The van der Waals surface area contributed by atoms with E-state index in [-0.39, 0.29) is 23.4 Å². The molecule has 0 aliphatic heterocycles. The lowest BCUT2D eigenvalue weighted by molar-refractivity contribution is -0.116. The standard InChI is InChI=1S/C10H20O3S/c1-7(2)10(5)14(12,13)9(4)6-8(3)11/h7,9-10H,6H2,1-5H3. The Kier molecular flexibility index (Phi) is 4.78. The first-order valence-corrected chi connectivity index (χ1v) is 6.52. The van der Waals surface area contributed by atoms with Crippen LogP contribution in [0.4, 0.5) is 0 Å². The van der Waals surface area contributed by atoms with Gasteiger partial charge in [-0.3, -0.25) is 4.79 Å². The van der Waals surface area contributed by atoms with Gasteiger partial charge in [-0.2, -0.15) is 0 Å². The minimum Gasteiger partial charge on any atom is -0.300 e. The van der Waals surface area contributed by atoms with Crippen molar-refractivity contribution in [2.24, 2.45) is 5.92 Å². The first-order valence-electron chi connectivity index (χ1n) is 4.91. The summed E-state index contributed by atoms with van der Waals surface area (Å²) in [5.41, 5.74) is 0. The molecule has 0 amide bonds. The molecule has 0 N–H and O–H groups in total. The summed E-state index contributed by atoms with van der Waals surface area (Å²) in [6, 6.07) is 0. The van der Waals surface area contributed by atoms with E-state index in [2.05, 4.69) is 0 Å². The Morgan fingerprint density at radius 3 is 1.86 bits per heavy atom. The number of carbonyl (C=O) groups excluding carboxylic acids is 1. The number of Topliss-reactive ketones (excluding diaryl/α,β-unsaturated/α-hetero) is 1. The van der Waals surface area contributed by atoms with Crippen LogP contribution >= 0.6 is 0 Å². The van der Waals surface area contributed by atoms with Gasteiger partial charge in [0.15, 0.2) is 9.84 Å². The van der Waals surface area contributed by atoms with Gasteiger partial charge in [0.05, 0.1) is 10.5 Å². The zero-order valence-corrected chi connectivity index (χ0v) is 10.4. The predicted octanol–water partition coefficient (Wildman–Crippen LogP) is 1.81. The fourth-order valence-electron chi connectivity index (χ4n) is 1.27. The molecule has 0 fully saturated rings. The lowest BCUT2D eigenvalue weighted by Gasteiger charge is -2.20. The van der Waals surface area contributed by atoms with E-state index in [1.54, 1.807) is 13.8 Å². The average Bonchev–Trinajstić information content (AvgIpc) is 2.01. The van der Waals surface area contributed by atoms with E-state index in [9.17, 15) is 13.2 Å². The van der Waals surface area contributed by atoms with Crippen LogP contribution in [0, 0.1) is 5.92 Å². The molecule has 14 heavy (non-hydrogen) atoms. The molecule has 0 bridgehead atoms. The Bertz CT molecular complexity index is 290. The zero-order chi connectivity index (χ0) is 11.5. The molecule has 0 rings (SSSR count). The fraction of sp³-hybridized carbons (Fsp3) is 0.900. The number of sulfone groups is 1. The van der Waals surface area contributed by atoms with Gasteiger partial charge in [-0.1, -0.05) is 13.8 Å². The van der Waals surface area contributed by atoms with Crippen molar-refractivity contribution in [2.45, 2.75) is 51.5 Å². The summed E-state index contributed by atoms with van der Waals surface area (Å²) in [7, 11) is -3.15. The van der Waals surface area contributed by atoms with Crippen LogP contribution in [0.1, 0.15) is 41.0 Å². The Labute approximate surface area is 86.8 Å². The number of hydrogen-bond donors (Lipinski definition) is 0. The molecule has 0 aromatic rings. The molecule has 0 saturated carbocycles. The van der Waals surface area contributed by atoms with Gasteiger partial charge in [0, 0.05) is 6.42 Å². The summed E-state index contributed by atoms with van der Waals surface area (Å²) in [6.45, 7) is 8.49. The van der Waals surface area contributed by atoms with Gasteiger partial charge in [0.2, 0.25) is 0 Å². The summed E-state index contributed by atoms with van der Waals surface area (Å²) in [4.78, 5) is 10.8. The first-order chi connectivity index (χ1) is 6.19. The molecular weight excluding hydrogens is 200 g/mol. The summed E-state index contributed by atoms with van der Waals surface area (Å²) >= 11 is 0. The van der Waals surface area contributed by atoms with Crippen LogP contribution in [0.3, 0.4) is 0 Å². The molecule has 0 aromatic heterocycles. The van der Waals surface area contributed by atoms with Crippen LogP contribution < -0.4 is 0 Å². The molecule has 2 atom stereocenters. The smallest absolute Gasteiger partial charge is 0.156 e. The molecule has 2 unspecified atom stereocenters. The quantitative estimate of drug-likeness (QED) is 0.710. The third-order valence-corrected chi connectivity index (χ3v) is 5.46. The molecule has 0 aliphatic carbocycles. The van der Waals surface area contributed by atoms with Crippen LogP contribution in [0.2, 0.25) is 0 Å². The number of rotatable bonds is 5. The van der Waals surface area contributed by atoms with Gasteiger partial charge in [-0.25, -0.2) is 8.42 Å². The van der Waals surface area contributed by atoms with Crippen LogP contribution in [-0.2, 0) is 14.6 Å². The van der Waals surface area contributed by atoms with Gasteiger partial charge < -0.3 is 0 Å². The van der Waals surface area contributed by atoms with E-state index in [1.165, 1.54) is 6.92 Å². The van der Waals surface area contributed by atoms with Crippen LogP contribution in [0.25, 0.3) is 0 Å². The number of hydrogen-bond acceptors (Lipinski definition) is 3. The lowest BCUT2D eigenvalue weighted by Crippen LogP contribution is -2.32. The topological polar surface area (TPSA) is 51.2 Å². The highest BCUT2D eigenvalue weighted by Crippen LogP contribution is 2.18. The van der Waals surface area contributed by atoms with Crippen molar-refractivity contribution in [3.05, 3.63) is 0 Å². The summed E-state index contributed by atoms with van der Waals surface area (Å²) < 4.78 is 23.7. The van der Waals surface area contributed by atoms with Gasteiger partial charge in [-0.15, -0.1) is 0 Å². The van der Waals surface area contributed by atoms with E-state index in [1.807, 2.05) is 13.8 Å². The second kappa shape index (κ2) is 4.91. The zero-order valence-electron chi connectivity index (χ0n) is 9.57. The average molecular weight is 220 g/mol. The second-order valence-electron chi connectivity index (χ2n) is 4.25. The normalized spacial score (nSPS) is 16.7. The van der Waals surface area contributed by atoms with Crippen molar-refractivity contribution in [1.82, 2.24) is 0 Å². The van der Waals surface area contributed by atoms with Gasteiger partial charge in [0.25, 0.3) is 0 Å². The van der Waals surface area contributed by atoms with Crippen LogP contribution in [0.15, 0.2) is 0 Å². The van der Waals surface area contributed by atoms with Crippen molar-refractivity contribution in [3.63, 3.8) is 0 Å². The molecule has 0 aromatic carbocycles. The van der Waals surface area contributed by atoms with E-state index in [4.69, 9.17) is 0 Å². The van der Waals surface area contributed by atoms with Crippen molar-refractivity contribution in [2.75, 3.05) is 0 Å². The molecular formula is C10H20O3S. The van der Waals surface area contributed by atoms with Crippen molar-refractivity contribution in [1.29, 1.82) is 0 Å². The molecule has 0 radical (unpaired) electrons. The van der Waals surface area contributed by atoms with Crippen molar-refractivity contribution < 1.29 is 13.2 Å². The van der Waals surface area contributed by atoms with Gasteiger partial charge >= 0.3 is 0 Å². The lowest BCUT2D eigenvalue weighted by atomic mass is 10.2. The highest BCUT2D eigenvalue weighted by Gasteiger charge is 2.30. The van der Waals surface area contributed by atoms with E-state index in [0.29, 0.717) is 0 Å². The maximum absolute atomic E-state index is 11.9. The molecule has 0 spiro atoms. The largest absolute Gasteiger partial charge is 0.300 e. The van der Waals surface area contributed by atoms with Crippen molar-refractivity contribution in [3.8, 4) is 0 Å². The molecule has 84 valence electrons. The maximum atomic E-state index is 11.9. The van der Waals surface area contributed by atoms with Crippen molar-refractivity contribution >= 4 is 15.6 Å². The molecule has 0 saturated heterocycles. The monoisotopic (exact) mass is 220 g/mol. The second-order valence-corrected chi connectivity index (χ2v) is 6.98. The third kappa shape index (κ3) is 3.40. The predicted molar refractivity (Wildman–Crippen MR) is 58.0 cm³/mol. The molecule has 3 nitrogen and oxygen atoms in total.